The summed E-state index contributed by atoms with van der Waals surface area (Å²) in [5, 5.41) is 0. The quantitative estimate of drug-likeness (QED) is 0.925. The van der Waals surface area contributed by atoms with E-state index in [1.54, 1.807) is 0 Å². The van der Waals surface area contributed by atoms with Gasteiger partial charge in [0.1, 0.15) is 12.1 Å². The lowest BCUT2D eigenvalue weighted by atomic mass is 10.0. The van der Waals surface area contributed by atoms with Gasteiger partial charge in [-0.05, 0) is 30.0 Å². The number of methoxy groups -OCH3 is 1. The Balaban J connectivity index is 2.42. The maximum atomic E-state index is 5.93. The fraction of sp³-hybridized carbons (Fsp3) is 0.333. The Morgan fingerprint density at radius 3 is 2.50 bits per heavy atom. The lowest BCUT2D eigenvalue weighted by molar-refractivity contribution is 0.391. The van der Waals surface area contributed by atoms with Crippen molar-refractivity contribution in [3.8, 4) is 17.5 Å². The molecule has 0 unspecified atom stereocenters. The van der Waals surface area contributed by atoms with Crippen LogP contribution in [0.15, 0.2) is 24.5 Å². The van der Waals surface area contributed by atoms with Gasteiger partial charge in [0.05, 0.1) is 7.11 Å². The predicted molar refractivity (Wildman–Crippen MR) is 78.3 cm³/mol. The zero-order chi connectivity index (χ0) is 14.7. The van der Waals surface area contributed by atoms with E-state index in [2.05, 4.69) is 35.9 Å². The van der Waals surface area contributed by atoms with E-state index >= 15 is 0 Å². The van der Waals surface area contributed by atoms with Crippen LogP contribution < -0.4 is 15.2 Å². The molecule has 5 heteroatoms. The molecule has 1 aromatic heterocycles. The smallest absolute Gasteiger partial charge is 0.249 e. The Morgan fingerprint density at radius 1 is 1.15 bits per heavy atom. The third-order valence-corrected chi connectivity index (χ3v) is 3.00. The molecular weight excluding hydrogens is 254 g/mol. The third-order valence-electron chi connectivity index (χ3n) is 3.00. The average molecular weight is 273 g/mol. The molecular formula is C15H19N3O2. The van der Waals surface area contributed by atoms with Crippen molar-refractivity contribution in [3.63, 3.8) is 0 Å². The highest BCUT2D eigenvalue weighted by Crippen LogP contribution is 2.34. The molecule has 20 heavy (non-hydrogen) atoms. The number of rotatable bonds is 4. The van der Waals surface area contributed by atoms with Gasteiger partial charge in [0, 0.05) is 0 Å². The maximum absolute atomic E-state index is 5.93. The van der Waals surface area contributed by atoms with Crippen LogP contribution in [0.2, 0.25) is 0 Å². The van der Waals surface area contributed by atoms with E-state index in [1.807, 2.05) is 13.0 Å². The van der Waals surface area contributed by atoms with Crippen molar-refractivity contribution in [3.05, 3.63) is 35.7 Å². The molecule has 1 aromatic carbocycles. The topological polar surface area (TPSA) is 70.3 Å². The van der Waals surface area contributed by atoms with Gasteiger partial charge in [0.25, 0.3) is 0 Å². The van der Waals surface area contributed by atoms with Crippen LogP contribution in [-0.2, 0) is 0 Å². The van der Waals surface area contributed by atoms with Gasteiger partial charge >= 0.3 is 0 Å². The van der Waals surface area contributed by atoms with Crippen LogP contribution in [0.25, 0.3) is 0 Å². The minimum Gasteiger partial charge on any atom is -0.479 e. The molecule has 0 amide bonds. The monoisotopic (exact) mass is 273 g/mol. The molecule has 2 aromatic rings. The molecule has 0 aliphatic rings. The minimum absolute atomic E-state index is 0.297. The number of benzene rings is 1. The van der Waals surface area contributed by atoms with Crippen LogP contribution in [-0.4, -0.2) is 17.1 Å². The van der Waals surface area contributed by atoms with Crippen molar-refractivity contribution in [2.75, 3.05) is 12.8 Å². The predicted octanol–water partition coefficient (Wildman–Crippen LogP) is 3.29. The summed E-state index contributed by atoms with van der Waals surface area (Å²) < 4.78 is 10.9. The molecule has 0 saturated heterocycles. The second-order valence-electron chi connectivity index (χ2n) is 4.90. The normalized spacial score (nSPS) is 10.7. The molecule has 0 aliphatic heterocycles. The van der Waals surface area contributed by atoms with Crippen molar-refractivity contribution < 1.29 is 9.47 Å². The largest absolute Gasteiger partial charge is 0.479 e. The van der Waals surface area contributed by atoms with Crippen LogP contribution in [0.4, 0.5) is 5.69 Å². The number of nitrogens with two attached hydrogens (primary N) is 1. The molecule has 0 bridgehead atoms. The zero-order valence-corrected chi connectivity index (χ0v) is 12.2. The standard InChI is InChI=1S/C15H19N3O2/c1-9(2)11-6-5-10(3)7-12(11)20-15-13(16)14(19-4)17-8-18-15/h5-9H,16H2,1-4H3. The fourth-order valence-corrected chi connectivity index (χ4v) is 1.92. The fourth-order valence-electron chi connectivity index (χ4n) is 1.92. The minimum atomic E-state index is 0.297. The summed E-state index contributed by atoms with van der Waals surface area (Å²) in [4.78, 5) is 8.01. The van der Waals surface area contributed by atoms with Crippen LogP contribution >= 0.6 is 0 Å². The summed E-state index contributed by atoms with van der Waals surface area (Å²) in [5.41, 5.74) is 8.45. The second kappa shape index (κ2) is 5.77. The Morgan fingerprint density at radius 2 is 1.85 bits per heavy atom. The number of anilines is 1. The second-order valence-corrected chi connectivity index (χ2v) is 4.90. The van der Waals surface area contributed by atoms with Crippen molar-refractivity contribution in [2.45, 2.75) is 26.7 Å². The molecule has 0 radical (unpaired) electrons. The van der Waals surface area contributed by atoms with Gasteiger partial charge < -0.3 is 15.2 Å². The highest BCUT2D eigenvalue weighted by atomic mass is 16.5. The molecule has 0 atom stereocenters. The molecule has 0 fully saturated rings. The van der Waals surface area contributed by atoms with Crippen molar-refractivity contribution in [1.29, 1.82) is 0 Å². The highest BCUT2D eigenvalue weighted by Gasteiger charge is 2.14. The Kier molecular flexibility index (Phi) is 4.08. The number of nitrogens with zero attached hydrogens (tertiary/aromatic N) is 2. The zero-order valence-electron chi connectivity index (χ0n) is 12.2. The lowest BCUT2D eigenvalue weighted by Crippen LogP contribution is -2.02. The Hall–Kier alpha value is -2.30. The van der Waals surface area contributed by atoms with E-state index in [1.165, 1.54) is 13.4 Å². The first-order chi connectivity index (χ1) is 9.52. The molecule has 5 nitrogen and oxygen atoms in total. The van der Waals surface area contributed by atoms with E-state index in [0.717, 1.165) is 16.9 Å². The Labute approximate surface area is 118 Å². The molecule has 1 heterocycles. The van der Waals surface area contributed by atoms with Gasteiger partial charge in [-0.3, -0.25) is 0 Å². The van der Waals surface area contributed by atoms with Crippen molar-refractivity contribution >= 4 is 5.69 Å². The average Bonchev–Trinajstić information content (AvgIpc) is 2.41. The SMILES string of the molecule is COc1ncnc(Oc2cc(C)ccc2C(C)C)c1N. The van der Waals surface area contributed by atoms with Crippen LogP contribution in [0.1, 0.15) is 30.9 Å². The van der Waals surface area contributed by atoms with Gasteiger partial charge in [-0.25, -0.2) is 0 Å². The van der Waals surface area contributed by atoms with E-state index in [9.17, 15) is 0 Å². The van der Waals surface area contributed by atoms with Gasteiger partial charge in [-0.2, -0.15) is 9.97 Å². The summed E-state index contributed by atoms with van der Waals surface area (Å²) in [6.45, 7) is 6.24. The van der Waals surface area contributed by atoms with E-state index < -0.39 is 0 Å². The molecule has 0 spiro atoms. The van der Waals surface area contributed by atoms with Crippen molar-refractivity contribution in [2.24, 2.45) is 0 Å². The van der Waals surface area contributed by atoms with Crippen LogP contribution in [0.3, 0.4) is 0 Å². The summed E-state index contributed by atoms with van der Waals surface area (Å²) in [6, 6.07) is 6.10. The number of aromatic nitrogens is 2. The van der Waals surface area contributed by atoms with Gasteiger partial charge in [-0.1, -0.05) is 26.0 Å². The third kappa shape index (κ3) is 2.82. The van der Waals surface area contributed by atoms with Crippen LogP contribution in [0, 0.1) is 6.92 Å². The number of hydrogen-bond donors (Lipinski definition) is 1. The van der Waals surface area contributed by atoms with Gasteiger partial charge in [0.2, 0.25) is 11.8 Å². The first kappa shape index (κ1) is 14.1. The van der Waals surface area contributed by atoms with E-state index in [0.29, 0.717) is 23.4 Å². The first-order valence-electron chi connectivity index (χ1n) is 6.45. The van der Waals surface area contributed by atoms with Crippen molar-refractivity contribution in [1.82, 2.24) is 9.97 Å². The number of ether oxygens (including phenoxy) is 2. The first-order valence-corrected chi connectivity index (χ1v) is 6.45. The van der Waals surface area contributed by atoms with E-state index in [-0.39, 0.29) is 0 Å². The summed E-state index contributed by atoms with van der Waals surface area (Å²) in [6.07, 6.45) is 1.37. The summed E-state index contributed by atoms with van der Waals surface area (Å²) >= 11 is 0. The highest BCUT2D eigenvalue weighted by molar-refractivity contribution is 5.57. The lowest BCUT2D eigenvalue weighted by Gasteiger charge is -2.15. The number of aryl methyl sites for hydroxylation is 1. The molecule has 0 saturated carbocycles. The molecule has 2 rings (SSSR count). The van der Waals surface area contributed by atoms with Gasteiger partial charge in [-0.15, -0.1) is 0 Å². The summed E-state index contributed by atoms with van der Waals surface area (Å²) in [7, 11) is 1.51. The van der Waals surface area contributed by atoms with Crippen LogP contribution in [0.5, 0.6) is 17.5 Å². The molecule has 106 valence electrons. The number of nitrogen functional groups attached to an aromatic ring is 1. The molecule has 2 N–H and O–H groups in total. The number of hydrogen-bond acceptors (Lipinski definition) is 5. The summed E-state index contributed by atoms with van der Waals surface area (Å²) in [5.74, 6) is 1.72. The Bertz CT molecular complexity index is 612. The molecule has 0 aliphatic carbocycles. The maximum Gasteiger partial charge on any atom is 0.249 e. The van der Waals surface area contributed by atoms with Gasteiger partial charge in [0.15, 0.2) is 5.69 Å². The van der Waals surface area contributed by atoms with E-state index in [4.69, 9.17) is 15.2 Å².